The van der Waals surface area contributed by atoms with Crippen LogP contribution in [-0.2, 0) is 4.74 Å². The molecule has 2 heterocycles. The summed E-state index contributed by atoms with van der Waals surface area (Å²) in [5, 5.41) is 7.97. The summed E-state index contributed by atoms with van der Waals surface area (Å²) >= 11 is 1.09. The fraction of sp³-hybridized carbons (Fsp3) is 0.300. The minimum Gasteiger partial charge on any atom is -0.459 e. The van der Waals surface area contributed by atoms with Crippen LogP contribution in [0, 0.1) is 6.92 Å². The molecule has 7 nitrogen and oxygen atoms in total. The maximum atomic E-state index is 11.3. The fourth-order valence-corrected chi connectivity index (χ4v) is 1.74. The van der Waals surface area contributed by atoms with Gasteiger partial charge in [0, 0.05) is 23.7 Å². The summed E-state index contributed by atoms with van der Waals surface area (Å²) in [6, 6.07) is 1.78. The molecule has 2 aromatic heterocycles. The van der Waals surface area contributed by atoms with Crippen LogP contribution in [0.1, 0.15) is 23.3 Å². The third-order valence-electron chi connectivity index (χ3n) is 1.81. The van der Waals surface area contributed by atoms with Gasteiger partial charge in [0.15, 0.2) is 5.16 Å². The van der Waals surface area contributed by atoms with E-state index in [1.54, 1.807) is 19.2 Å². The van der Waals surface area contributed by atoms with Gasteiger partial charge in [0.1, 0.15) is 0 Å². The Morgan fingerprint density at radius 3 is 3.06 bits per heavy atom. The quantitative estimate of drug-likeness (QED) is 0.607. The minimum absolute atomic E-state index is 0.174. The molecule has 18 heavy (non-hydrogen) atoms. The topological polar surface area (TPSA) is 91.0 Å². The Hall–Kier alpha value is -1.96. The molecule has 8 heteroatoms. The van der Waals surface area contributed by atoms with Crippen molar-refractivity contribution in [3.8, 4) is 0 Å². The van der Waals surface area contributed by atoms with E-state index in [0.29, 0.717) is 5.16 Å². The summed E-state index contributed by atoms with van der Waals surface area (Å²) in [5.41, 5.74) is 0.831. The highest BCUT2D eigenvalue weighted by molar-refractivity contribution is 7.98. The Morgan fingerprint density at radius 2 is 2.33 bits per heavy atom. The lowest BCUT2D eigenvalue weighted by atomic mass is 10.5. The van der Waals surface area contributed by atoms with Gasteiger partial charge in [-0.25, -0.2) is 14.8 Å². The maximum absolute atomic E-state index is 11.3. The number of hydrogen-bond acceptors (Lipinski definition) is 8. The number of nitrogens with zero attached hydrogens (tertiary/aromatic N) is 4. The minimum atomic E-state index is -0.637. The number of esters is 1. The van der Waals surface area contributed by atoms with Gasteiger partial charge in [-0.05, 0) is 19.9 Å². The number of carbonyl (C=O) groups excluding carboxylic acids is 1. The van der Waals surface area contributed by atoms with E-state index in [0.717, 1.165) is 17.5 Å². The van der Waals surface area contributed by atoms with Gasteiger partial charge < -0.3 is 9.15 Å². The number of carbonyl (C=O) groups is 1. The average molecular weight is 266 g/mol. The molecule has 0 aliphatic carbocycles. The van der Waals surface area contributed by atoms with E-state index in [4.69, 9.17) is 9.15 Å². The van der Waals surface area contributed by atoms with E-state index in [1.807, 2.05) is 6.92 Å². The van der Waals surface area contributed by atoms with Crippen molar-refractivity contribution in [2.24, 2.45) is 0 Å². The molecule has 0 radical (unpaired) electrons. The van der Waals surface area contributed by atoms with Crippen LogP contribution in [0.4, 0.5) is 0 Å². The highest BCUT2D eigenvalue weighted by Crippen LogP contribution is 2.22. The van der Waals surface area contributed by atoms with Crippen LogP contribution in [-0.4, -0.2) is 32.7 Å². The summed E-state index contributed by atoms with van der Waals surface area (Å²) in [7, 11) is 0. The van der Waals surface area contributed by atoms with Gasteiger partial charge in [0.05, 0.1) is 6.61 Å². The number of aryl methyl sites for hydroxylation is 1. The lowest BCUT2D eigenvalue weighted by molar-refractivity contribution is 0.0475. The number of ether oxygens (including phenoxy) is 1. The van der Waals surface area contributed by atoms with E-state index in [1.165, 1.54) is 0 Å². The van der Waals surface area contributed by atoms with E-state index < -0.39 is 5.97 Å². The van der Waals surface area contributed by atoms with Crippen LogP contribution in [0.3, 0.4) is 0 Å². The predicted octanol–water partition coefficient (Wildman–Crippen LogP) is 1.50. The monoisotopic (exact) mass is 266 g/mol. The van der Waals surface area contributed by atoms with Crippen LogP contribution in [0.25, 0.3) is 0 Å². The second-order valence-corrected chi connectivity index (χ2v) is 4.09. The summed E-state index contributed by atoms with van der Waals surface area (Å²) < 4.78 is 9.86. The molecule has 0 bridgehead atoms. The highest BCUT2D eigenvalue weighted by Gasteiger charge is 2.17. The van der Waals surface area contributed by atoms with Crippen LogP contribution in [0.5, 0.6) is 0 Å². The molecule has 0 fully saturated rings. The Labute approximate surface area is 107 Å². The lowest BCUT2D eigenvalue weighted by Gasteiger charge is -1.96. The van der Waals surface area contributed by atoms with Crippen molar-refractivity contribution in [1.82, 2.24) is 20.2 Å². The van der Waals surface area contributed by atoms with Gasteiger partial charge in [-0.1, -0.05) is 5.10 Å². The fourth-order valence-electron chi connectivity index (χ4n) is 1.08. The molecule has 0 aliphatic rings. The van der Waals surface area contributed by atoms with Crippen molar-refractivity contribution < 1.29 is 13.9 Å². The van der Waals surface area contributed by atoms with Crippen LogP contribution in [0.15, 0.2) is 27.1 Å². The SMILES string of the molecule is CCOC(=O)c1nnc(Sc2nccc(C)n2)o1. The van der Waals surface area contributed by atoms with Crippen molar-refractivity contribution in [2.75, 3.05) is 6.61 Å². The van der Waals surface area contributed by atoms with Crippen molar-refractivity contribution in [3.63, 3.8) is 0 Å². The number of aromatic nitrogens is 4. The summed E-state index contributed by atoms with van der Waals surface area (Å²) in [6.07, 6.45) is 1.63. The van der Waals surface area contributed by atoms with Gasteiger partial charge in [-0.15, -0.1) is 5.10 Å². The number of hydrogen-bond donors (Lipinski definition) is 0. The molecule has 2 aromatic rings. The Kier molecular flexibility index (Phi) is 3.88. The normalized spacial score (nSPS) is 10.3. The van der Waals surface area contributed by atoms with Gasteiger partial charge in [-0.3, -0.25) is 0 Å². The van der Waals surface area contributed by atoms with E-state index in [9.17, 15) is 4.79 Å². The summed E-state index contributed by atoms with van der Waals surface area (Å²) in [5.74, 6) is -0.811. The molecule has 2 rings (SSSR count). The van der Waals surface area contributed by atoms with Crippen LogP contribution in [0.2, 0.25) is 0 Å². The molecule has 0 atom stereocenters. The van der Waals surface area contributed by atoms with Gasteiger partial charge in [0.2, 0.25) is 0 Å². The lowest BCUT2D eigenvalue weighted by Crippen LogP contribution is -2.04. The average Bonchev–Trinajstić information content (AvgIpc) is 2.78. The maximum Gasteiger partial charge on any atom is 0.396 e. The molecule has 0 aromatic carbocycles. The van der Waals surface area contributed by atoms with Crippen LogP contribution < -0.4 is 0 Å². The van der Waals surface area contributed by atoms with Crippen molar-refractivity contribution in [2.45, 2.75) is 24.2 Å². The van der Waals surface area contributed by atoms with E-state index >= 15 is 0 Å². The largest absolute Gasteiger partial charge is 0.459 e. The van der Waals surface area contributed by atoms with Crippen molar-refractivity contribution in [1.29, 1.82) is 0 Å². The second-order valence-electron chi connectivity index (χ2n) is 3.18. The Bertz CT molecular complexity index is 558. The Balaban J connectivity index is 2.09. The first kappa shape index (κ1) is 12.5. The third-order valence-corrected chi connectivity index (χ3v) is 2.53. The van der Waals surface area contributed by atoms with Crippen molar-refractivity contribution in [3.05, 3.63) is 23.8 Å². The molecule has 0 saturated heterocycles. The van der Waals surface area contributed by atoms with Gasteiger partial charge in [0.25, 0.3) is 5.22 Å². The second kappa shape index (κ2) is 5.58. The zero-order valence-corrected chi connectivity index (χ0v) is 10.6. The van der Waals surface area contributed by atoms with Crippen LogP contribution >= 0.6 is 11.8 Å². The summed E-state index contributed by atoms with van der Waals surface area (Å²) in [6.45, 7) is 3.80. The van der Waals surface area contributed by atoms with Gasteiger partial charge >= 0.3 is 11.9 Å². The molecule has 0 saturated carbocycles. The predicted molar refractivity (Wildman–Crippen MR) is 61.1 cm³/mol. The summed E-state index contributed by atoms with van der Waals surface area (Å²) in [4.78, 5) is 19.5. The third kappa shape index (κ3) is 3.04. The standard InChI is InChI=1S/C10H10N4O3S/c1-3-16-8(15)7-13-14-10(17-7)18-9-11-5-4-6(2)12-9/h4-5H,3H2,1-2H3. The first-order chi connectivity index (χ1) is 8.69. The van der Waals surface area contributed by atoms with E-state index in [-0.39, 0.29) is 17.7 Å². The highest BCUT2D eigenvalue weighted by atomic mass is 32.2. The number of rotatable bonds is 4. The smallest absolute Gasteiger partial charge is 0.396 e. The molecule has 0 amide bonds. The molecule has 94 valence electrons. The first-order valence-corrected chi connectivity index (χ1v) is 5.99. The van der Waals surface area contributed by atoms with E-state index in [2.05, 4.69) is 20.2 Å². The Morgan fingerprint density at radius 1 is 1.50 bits per heavy atom. The zero-order valence-electron chi connectivity index (χ0n) is 9.78. The molecular formula is C10H10N4O3S. The molecular weight excluding hydrogens is 256 g/mol. The molecule has 0 unspecified atom stereocenters. The zero-order chi connectivity index (χ0) is 13.0. The molecule has 0 N–H and O–H groups in total. The molecule has 0 aliphatic heterocycles. The molecule has 0 spiro atoms. The first-order valence-electron chi connectivity index (χ1n) is 5.17. The van der Waals surface area contributed by atoms with Crippen molar-refractivity contribution >= 4 is 17.7 Å². The van der Waals surface area contributed by atoms with Gasteiger partial charge in [-0.2, -0.15) is 0 Å².